The Balaban J connectivity index is 1.96. The molecule has 1 fully saturated rings. The van der Waals surface area contributed by atoms with E-state index in [1.54, 1.807) is 6.20 Å². The number of nitrogens with zero attached hydrogens (tertiary/aromatic N) is 3. The van der Waals surface area contributed by atoms with Crippen molar-refractivity contribution in [3.8, 4) is 5.82 Å². The van der Waals surface area contributed by atoms with E-state index in [1.165, 1.54) is 18.5 Å². The molecule has 70 valence electrons. The second-order valence-electron chi connectivity index (χ2n) is 3.65. The van der Waals surface area contributed by atoms with Gasteiger partial charge in [-0.05, 0) is 31.0 Å². The summed E-state index contributed by atoms with van der Waals surface area (Å²) in [5.41, 5.74) is 1.20. The smallest absolute Gasteiger partial charge is 0.153 e. The molecule has 1 aliphatic carbocycles. The summed E-state index contributed by atoms with van der Waals surface area (Å²) >= 11 is 0. The lowest BCUT2D eigenvalue weighted by molar-refractivity contribution is 0.813. The van der Waals surface area contributed by atoms with Crippen LogP contribution in [0.5, 0.6) is 0 Å². The number of hydrogen-bond acceptors (Lipinski definition) is 2. The normalized spacial score (nSPS) is 15.7. The number of rotatable bonds is 2. The van der Waals surface area contributed by atoms with Crippen LogP contribution < -0.4 is 0 Å². The fraction of sp³-hybridized carbons (Fsp3) is 0.273. The van der Waals surface area contributed by atoms with E-state index in [9.17, 15) is 0 Å². The Morgan fingerprint density at radius 2 is 2.14 bits per heavy atom. The lowest BCUT2D eigenvalue weighted by atomic mass is 10.3. The van der Waals surface area contributed by atoms with Crippen LogP contribution in [0.15, 0.2) is 36.7 Å². The number of aromatic nitrogens is 3. The van der Waals surface area contributed by atoms with Crippen LogP contribution >= 0.6 is 0 Å². The predicted molar refractivity (Wildman–Crippen MR) is 53.3 cm³/mol. The van der Waals surface area contributed by atoms with Gasteiger partial charge in [0.2, 0.25) is 0 Å². The monoisotopic (exact) mass is 185 g/mol. The SMILES string of the molecule is c1ccc(-n2ccc(C3CC3)n2)nc1. The van der Waals surface area contributed by atoms with Gasteiger partial charge in [-0.1, -0.05) is 6.07 Å². The van der Waals surface area contributed by atoms with E-state index in [0.717, 1.165) is 5.82 Å². The average molecular weight is 185 g/mol. The van der Waals surface area contributed by atoms with Gasteiger partial charge in [-0.15, -0.1) is 0 Å². The second-order valence-corrected chi connectivity index (χ2v) is 3.65. The van der Waals surface area contributed by atoms with E-state index in [1.807, 2.05) is 29.1 Å². The van der Waals surface area contributed by atoms with E-state index in [2.05, 4.69) is 16.1 Å². The molecule has 0 atom stereocenters. The average Bonchev–Trinajstić information content (AvgIpc) is 2.98. The maximum atomic E-state index is 4.50. The van der Waals surface area contributed by atoms with Crippen LogP contribution in [0.2, 0.25) is 0 Å². The van der Waals surface area contributed by atoms with Crippen LogP contribution in [0.3, 0.4) is 0 Å². The van der Waals surface area contributed by atoms with Crippen LogP contribution in [0.4, 0.5) is 0 Å². The summed E-state index contributed by atoms with van der Waals surface area (Å²) in [5, 5.41) is 4.50. The summed E-state index contributed by atoms with van der Waals surface area (Å²) in [6, 6.07) is 7.94. The first-order valence-corrected chi connectivity index (χ1v) is 4.90. The first-order chi connectivity index (χ1) is 6.93. The highest BCUT2D eigenvalue weighted by Crippen LogP contribution is 2.38. The van der Waals surface area contributed by atoms with Gasteiger partial charge < -0.3 is 0 Å². The van der Waals surface area contributed by atoms with Crippen molar-refractivity contribution in [1.29, 1.82) is 0 Å². The van der Waals surface area contributed by atoms with Crippen LogP contribution in [0.1, 0.15) is 24.5 Å². The molecule has 1 aliphatic rings. The summed E-state index contributed by atoms with van der Waals surface area (Å²) in [6.07, 6.45) is 6.35. The summed E-state index contributed by atoms with van der Waals surface area (Å²) in [7, 11) is 0. The third-order valence-corrected chi connectivity index (χ3v) is 2.49. The molecule has 1 saturated carbocycles. The fourth-order valence-corrected chi connectivity index (χ4v) is 1.55. The third kappa shape index (κ3) is 1.31. The Labute approximate surface area is 82.4 Å². The molecule has 0 aromatic carbocycles. The van der Waals surface area contributed by atoms with Crippen molar-refractivity contribution in [3.63, 3.8) is 0 Å². The summed E-state index contributed by atoms with van der Waals surface area (Å²) in [5.74, 6) is 1.60. The van der Waals surface area contributed by atoms with E-state index >= 15 is 0 Å². The minimum Gasteiger partial charge on any atom is -0.237 e. The Morgan fingerprint density at radius 1 is 1.21 bits per heavy atom. The standard InChI is InChI=1S/C11H11N3/c1-2-7-12-11(3-1)14-8-6-10(13-14)9-4-5-9/h1-3,6-9H,4-5H2. The summed E-state index contributed by atoms with van der Waals surface area (Å²) in [4.78, 5) is 4.24. The van der Waals surface area contributed by atoms with E-state index in [-0.39, 0.29) is 0 Å². The zero-order chi connectivity index (χ0) is 9.38. The first kappa shape index (κ1) is 7.74. The number of hydrogen-bond donors (Lipinski definition) is 0. The van der Waals surface area contributed by atoms with Crippen molar-refractivity contribution in [3.05, 3.63) is 42.4 Å². The minimum atomic E-state index is 0.708. The maximum absolute atomic E-state index is 4.50. The van der Waals surface area contributed by atoms with Crippen molar-refractivity contribution in [2.75, 3.05) is 0 Å². The third-order valence-electron chi connectivity index (χ3n) is 2.49. The zero-order valence-corrected chi connectivity index (χ0v) is 7.80. The first-order valence-electron chi connectivity index (χ1n) is 4.90. The minimum absolute atomic E-state index is 0.708. The zero-order valence-electron chi connectivity index (χ0n) is 7.80. The lowest BCUT2D eigenvalue weighted by Crippen LogP contribution is -1.97. The lowest BCUT2D eigenvalue weighted by Gasteiger charge is -1.97. The summed E-state index contributed by atoms with van der Waals surface area (Å²) in [6.45, 7) is 0. The Hall–Kier alpha value is -1.64. The molecular weight excluding hydrogens is 174 g/mol. The molecule has 0 unspecified atom stereocenters. The van der Waals surface area contributed by atoms with Crippen LogP contribution in [-0.2, 0) is 0 Å². The molecule has 0 radical (unpaired) electrons. The highest BCUT2D eigenvalue weighted by Gasteiger charge is 2.25. The van der Waals surface area contributed by atoms with Gasteiger partial charge in [-0.3, -0.25) is 0 Å². The van der Waals surface area contributed by atoms with Gasteiger partial charge in [0.25, 0.3) is 0 Å². The molecular formula is C11H11N3. The van der Waals surface area contributed by atoms with E-state index in [4.69, 9.17) is 0 Å². The van der Waals surface area contributed by atoms with Crippen molar-refractivity contribution in [1.82, 2.24) is 14.8 Å². The van der Waals surface area contributed by atoms with Crippen molar-refractivity contribution in [2.24, 2.45) is 0 Å². The van der Waals surface area contributed by atoms with Crippen molar-refractivity contribution >= 4 is 0 Å². The predicted octanol–water partition coefficient (Wildman–Crippen LogP) is 2.14. The molecule has 0 amide bonds. The molecule has 14 heavy (non-hydrogen) atoms. The van der Waals surface area contributed by atoms with Crippen molar-refractivity contribution in [2.45, 2.75) is 18.8 Å². The van der Waals surface area contributed by atoms with Crippen LogP contribution in [-0.4, -0.2) is 14.8 Å². The Morgan fingerprint density at radius 3 is 2.86 bits per heavy atom. The summed E-state index contributed by atoms with van der Waals surface area (Å²) < 4.78 is 1.84. The van der Waals surface area contributed by atoms with Gasteiger partial charge in [0.15, 0.2) is 5.82 Å². The topological polar surface area (TPSA) is 30.7 Å². The van der Waals surface area contributed by atoms with Gasteiger partial charge in [0, 0.05) is 18.3 Å². The van der Waals surface area contributed by atoms with Crippen LogP contribution in [0, 0.1) is 0 Å². The second kappa shape index (κ2) is 2.94. The largest absolute Gasteiger partial charge is 0.237 e. The van der Waals surface area contributed by atoms with Gasteiger partial charge in [0.1, 0.15) is 0 Å². The maximum Gasteiger partial charge on any atom is 0.153 e. The molecule has 0 spiro atoms. The van der Waals surface area contributed by atoms with E-state index < -0.39 is 0 Å². The highest BCUT2D eigenvalue weighted by atomic mass is 15.3. The molecule has 3 rings (SSSR count). The molecule has 0 aliphatic heterocycles. The Kier molecular flexibility index (Phi) is 1.63. The molecule has 3 heteroatoms. The molecule has 0 bridgehead atoms. The number of pyridine rings is 1. The molecule has 3 nitrogen and oxygen atoms in total. The molecule has 0 N–H and O–H groups in total. The molecule has 2 aromatic rings. The van der Waals surface area contributed by atoms with E-state index in [0.29, 0.717) is 5.92 Å². The van der Waals surface area contributed by atoms with Gasteiger partial charge in [0.05, 0.1) is 5.69 Å². The quantitative estimate of drug-likeness (QED) is 0.717. The fourth-order valence-electron chi connectivity index (χ4n) is 1.55. The Bertz CT molecular complexity index is 429. The molecule has 0 saturated heterocycles. The van der Waals surface area contributed by atoms with Crippen molar-refractivity contribution < 1.29 is 0 Å². The highest BCUT2D eigenvalue weighted by molar-refractivity contribution is 5.23. The van der Waals surface area contributed by atoms with Gasteiger partial charge in [-0.2, -0.15) is 5.10 Å². The molecule has 2 heterocycles. The van der Waals surface area contributed by atoms with Gasteiger partial charge >= 0.3 is 0 Å². The molecule has 2 aromatic heterocycles. The van der Waals surface area contributed by atoms with Gasteiger partial charge in [-0.25, -0.2) is 9.67 Å². The van der Waals surface area contributed by atoms with Crippen LogP contribution in [0.25, 0.3) is 5.82 Å².